The second-order valence-corrected chi connectivity index (χ2v) is 8.01. The molecule has 0 bridgehead atoms. The van der Waals surface area contributed by atoms with Crippen LogP contribution in [0.15, 0.2) is 12.1 Å². The van der Waals surface area contributed by atoms with Gasteiger partial charge < -0.3 is 19.9 Å². The molecule has 3 saturated heterocycles. The van der Waals surface area contributed by atoms with Crippen LogP contribution in [0.3, 0.4) is 0 Å². The van der Waals surface area contributed by atoms with Crippen LogP contribution in [0.2, 0.25) is 0 Å². The average Bonchev–Trinajstić information content (AvgIpc) is 3.08. The molecule has 0 aromatic carbocycles. The van der Waals surface area contributed by atoms with Gasteiger partial charge in [0.05, 0.1) is 11.8 Å². The van der Waals surface area contributed by atoms with Gasteiger partial charge in [0.15, 0.2) is 5.82 Å². The van der Waals surface area contributed by atoms with Gasteiger partial charge in [0.25, 0.3) is 0 Å². The highest BCUT2D eigenvalue weighted by molar-refractivity contribution is 5.81. The van der Waals surface area contributed by atoms with Gasteiger partial charge in [-0.1, -0.05) is 0 Å². The number of hydrogen-bond donors (Lipinski definition) is 1. The molecule has 142 valence electrons. The predicted molar refractivity (Wildman–Crippen MR) is 99.0 cm³/mol. The summed E-state index contributed by atoms with van der Waals surface area (Å²) in [5, 5.41) is 11.7. The number of amides is 1. The molecule has 3 aliphatic heterocycles. The quantitative estimate of drug-likeness (QED) is 0.868. The minimum absolute atomic E-state index is 0.0793. The van der Waals surface area contributed by atoms with Crippen molar-refractivity contribution in [3.63, 3.8) is 0 Å². The minimum atomic E-state index is -0.297. The number of rotatable bonds is 3. The van der Waals surface area contributed by atoms with Gasteiger partial charge in [-0.2, -0.15) is 5.10 Å². The van der Waals surface area contributed by atoms with Gasteiger partial charge in [-0.25, -0.2) is 0 Å². The Morgan fingerprint density at radius 1 is 1.19 bits per heavy atom. The van der Waals surface area contributed by atoms with Gasteiger partial charge in [0, 0.05) is 19.1 Å². The normalized spacial score (nSPS) is 30.2. The third-order valence-corrected chi connectivity index (χ3v) is 6.02. The lowest BCUT2D eigenvalue weighted by Crippen LogP contribution is -2.47. The van der Waals surface area contributed by atoms with E-state index in [-0.39, 0.29) is 18.1 Å². The lowest BCUT2D eigenvalue weighted by Gasteiger charge is -2.34. The van der Waals surface area contributed by atoms with E-state index >= 15 is 0 Å². The molecular formula is C19H29N5O2. The smallest absolute Gasteiger partial charge is 0.249 e. The van der Waals surface area contributed by atoms with E-state index in [2.05, 4.69) is 32.4 Å². The van der Waals surface area contributed by atoms with Crippen LogP contribution in [0.25, 0.3) is 0 Å². The number of carbonyl (C=O) groups excluding carboxylic acids is 1. The number of piperidine rings is 2. The topological polar surface area (TPSA) is 70.6 Å². The highest BCUT2D eigenvalue weighted by Crippen LogP contribution is 2.34. The first kappa shape index (κ1) is 17.7. The molecule has 0 radical (unpaired) electrons. The zero-order valence-corrected chi connectivity index (χ0v) is 15.7. The van der Waals surface area contributed by atoms with Gasteiger partial charge in [0.2, 0.25) is 5.91 Å². The lowest BCUT2D eigenvalue weighted by atomic mass is 9.91. The maximum Gasteiger partial charge on any atom is 0.249 e. The van der Waals surface area contributed by atoms with Crippen molar-refractivity contribution in [3.8, 4) is 0 Å². The van der Waals surface area contributed by atoms with Crippen LogP contribution in [0.1, 0.15) is 31.4 Å². The Morgan fingerprint density at radius 3 is 2.73 bits per heavy atom. The van der Waals surface area contributed by atoms with E-state index in [0.29, 0.717) is 12.0 Å². The van der Waals surface area contributed by atoms with Crippen molar-refractivity contribution >= 4 is 11.7 Å². The molecule has 3 aliphatic rings. The van der Waals surface area contributed by atoms with E-state index in [0.717, 1.165) is 63.4 Å². The van der Waals surface area contributed by atoms with E-state index in [1.165, 1.54) is 0 Å². The third kappa shape index (κ3) is 3.83. The fourth-order valence-corrected chi connectivity index (χ4v) is 4.31. The maximum absolute atomic E-state index is 12.6. The number of aromatic nitrogens is 2. The zero-order chi connectivity index (χ0) is 18.1. The summed E-state index contributed by atoms with van der Waals surface area (Å²) in [4.78, 5) is 17.2. The molecule has 4 heterocycles. The van der Waals surface area contributed by atoms with Crippen LogP contribution in [0.4, 0.5) is 5.82 Å². The molecule has 4 rings (SSSR count). The van der Waals surface area contributed by atoms with Crippen molar-refractivity contribution in [1.82, 2.24) is 20.4 Å². The van der Waals surface area contributed by atoms with Crippen LogP contribution in [0, 0.1) is 12.8 Å². The Balaban J connectivity index is 1.31. The van der Waals surface area contributed by atoms with Gasteiger partial charge in [-0.15, -0.1) is 5.10 Å². The number of hydrogen-bond acceptors (Lipinski definition) is 6. The second kappa shape index (κ2) is 7.48. The first-order chi connectivity index (χ1) is 12.6. The SMILES string of the molecule is Cc1ccc(N2CC[C@H]3C[C@@H](C(=O)NC4CCN(C)CC4)O[C@H]3C2)nn1. The van der Waals surface area contributed by atoms with Crippen LogP contribution in [0.5, 0.6) is 0 Å². The zero-order valence-electron chi connectivity index (χ0n) is 15.7. The molecule has 1 N–H and O–H groups in total. The van der Waals surface area contributed by atoms with E-state index < -0.39 is 0 Å². The lowest BCUT2D eigenvalue weighted by molar-refractivity contribution is -0.133. The summed E-state index contributed by atoms with van der Waals surface area (Å²) in [7, 11) is 2.13. The van der Waals surface area contributed by atoms with E-state index in [1.54, 1.807) is 0 Å². The molecule has 3 fully saturated rings. The number of aryl methyl sites for hydroxylation is 1. The first-order valence-corrected chi connectivity index (χ1v) is 9.78. The molecule has 7 heteroatoms. The van der Waals surface area contributed by atoms with Gasteiger partial charge in [-0.3, -0.25) is 4.79 Å². The molecule has 0 saturated carbocycles. The monoisotopic (exact) mass is 359 g/mol. The largest absolute Gasteiger partial charge is 0.363 e. The predicted octanol–water partition coefficient (Wildman–Crippen LogP) is 0.979. The molecule has 7 nitrogen and oxygen atoms in total. The van der Waals surface area contributed by atoms with Crippen molar-refractivity contribution in [2.75, 3.05) is 38.1 Å². The highest BCUT2D eigenvalue weighted by Gasteiger charge is 2.42. The number of nitrogens with zero attached hydrogens (tertiary/aromatic N) is 4. The van der Waals surface area contributed by atoms with Crippen LogP contribution >= 0.6 is 0 Å². The fourth-order valence-electron chi connectivity index (χ4n) is 4.31. The Labute approximate surface area is 155 Å². The Bertz CT molecular complexity index is 629. The van der Waals surface area contributed by atoms with Crippen molar-refractivity contribution in [2.24, 2.45) is 5.92 Å². The van der Waals surface area contributed by atoms with Crippen molar-refractivity contribution in [2.45, 2.75) is 50.9 Å². The summed E-state index contributed by atoms with van der Waals surface area (Å²) < 4.78 is 6.15. The molecule has 0 unspecified atom stereocenters. The third-order valence-electron chi connectivity index (χ3n) is 6.02. The van der Waals surface area contributed by atoms with Crippen molar-refractivity contribution in [3.05, 3.63) is 17.8 Å². The number of nitrogens with one attached hydrogen (secondary N) is 1. The minimum Gasteiger partial charge on any atom is -0.363 e. The maximum atomic E-state index is 12.6. The number of anilines is 1. The van der Waals surface area contributed by atoms with Gasteiger partial charge in [0.1, 0.15) is 6.10 Å². The van der Waals surface area contributed by atoms with E-state index in [4.69, 9.17) is 4.74 Å². The molecular weight excluding hydrogens is 330 g/mol. The summed E-state index contributed by atoms with van der Waals surface area (Å²) in [6.45, 7) is 5.78. The average molecular weight is 359 g/mol. The van der Waals surface area contributed by atoms with Gasteiger partial charge in [-0.05, 0) is 70.8 Å². The molecule has 0 aliphatic carbocycles. The van der Waals surface area contributed by atoms with Crippen LogP contribution < -0.4 is 10.2 Å². The number of likely N-dealkylation sites (tertiary alicyclic amines) is 1. The Morgan fingerprint density at radius 2 is 2.00 bits per heavy atom. The van der Waals surface area contributed by atoms with Gasteiger partial charge >= 0.3 is 0 Å². The first-order valence-electron chi connectivity index (χ1n) is 9.78. The summed E-state index contributed by atoms with van der Waals surface area (Å²) in [6.07, 6.45) is 3.76. The van der Waals surface area contributed by atoms with Crippen LogP contribution in [-0.4, -0.2) is 72.5 Å². The molecule has 1 amide bonds. The Kier molecular flexibility index (Phi) is 5.09. The molecule has 3 atom stereocenters. The fraction of sp³-hybridized carbons (Fsp3) is 0.737. The highest BCUT2D eigenvalue weighted by atomic mass is 16.5. The van der Waals surface area contributed by atoms with E-state index in [1.807, 2.05) is 19.1 Å². The van der Waals surface area contributed by atoms with Crippen molar-refractivity contribution in [1.29, 1.82) is 0 Å². The summed E-state index contributed by atoms with van der Waals surface area (Å²) in [5.41, 5.74) is 0.923. The summed E-state index contributed by atoms with van der Waals surface area (Å²) in [6, 6.07) is 4.30. The van der Waals surface area contributed by atoms with Crippen molar-refractivity contribution < 1.29 is 9.53 Å². The number of ether oxygens (including phenoxy) is 1. The standard InChI is InChI=1S/C19H29N5O2/c1-13-3-4-18(22-21-13)24-10-5-14-11-16(26-17(14)12-24)19(25)20-15-6-8-23(2)9-7-15/h3-4,14-17H,5-12H2,1-2H3,(H,20,25)/t14-,16-,17-/m0/s1. The molecule has 0 spiro atoms. The number of carbonyl (C=O) groups is 1. The number of fused-ring (bicyclic) bond motifs is 1. The molecule has 26 heavy (non-hydrogen) atoms. The molecule has 1 aromatic rings. The Hall–Kier alpha value is -1.73. The summed E-state index contributed by atoms with van der Waals surface area (Å²) in [5.74, 6) is 1.45. The second-order valence-electron chi connectivity index (χ2n) is 8.01. The summed E-state index contributed by atoms with van der Waals surface area (Å²) >= 11 is 0. The van der Waals surface area contributed by atoms with Crippen LogP contribution in [-0.2, 0) is 9.53 Å². The molecule has 1 aromatic heterocycles. The van der Waals surface area contributed by atoms with E-state index in [9.17, 15) is 4.79 Å².